The van der Waals surface area contributed by atoms with E-state index in [1.165, 1.54) is 0 Å². The fourth-order valence-corrected chi connectivity index (χ4v) is 3.39. The van der Waals surface area contributed by atoms with Gasteiger partial charge in [-0.1, -0.05) is 32.0 Å². The van der Waals surface area contributed by atoms with Crippen molar-refractivity contribution in [3.63, 3.8) is 0 Å². The van der Waals surface area contributed by atoms with Crippen molar-refractivity contribution >= 4 is 21.7 Å². The van der Waals surface area contributed by atoms with E-state index in [4.69, 9.17) is 0 Å². The quantitative estimate of drug-likeness (QED) is 0.649. The minimum atomic E-state index is -3.71. The number of aromatic nitrogens is 3. The summed E-state index contributed by atoms with van der Waals surface area (Å²) in [5.74, 6) is 1.03. The Hall–Kier alpha value is -3.00. The van der Waals surface area contributed by atoms with E-state index in [-0.39, 0.29) is 10.7 Å². The summed E-state index contributed by atoms with van der Waals surface area (Å²) in [6.45, 7) is 4.62. The highest BCUT2D eigenvalue weighted by molar-refractivity contribution is 7.92. The first-order valence-corrected chi connectivity index (χ1v) is 10.0. The summed E-state index contributed by atoms with van der Waals surface area (Å²) in [6.07, 6.45) is 1.72. The molecular formula is C19H21N5O2S. The second-order valence-electron chi connectivity index (χ2n) is 6.31. The molecule has 0 fully saturated rings. The molecule has 1 aromatic carbocycles. The Labute approximate surface area is 158 Å². The van der Waals surface area contributed by atoms with Gasteiger partial charge in [-0.2, -0.15) is 0 Å². The molecule has 8 heteroatoms. The van der Waals surface area contributed by atoms with E-state index in [0.717, 1.165) is 11.3 Å². The summed E-state index contributed by atoms with van der Waals surface area (Å²) in [5.41, 5.74) is 1.95. The number of nitrogens with zero attached hydrogens (tertiary/aromatic N) is 3. The minimum Gasteiger partial charge on any atom is -0.363 e. The first kappa shape index (κ1) is 18.8. The summed E-state index contributed by atoms with van der Waals surface area (Å²) in [6, 6.07) is 15.7. The molecule has 0 spiro atoms. The maximum atomic E-state index is 12.5. The molecule has 7 nitrogen and oxygen atoms in total. The van der Waals surface area contributed by atoms with Gasteiger partial charge in [-0.05, 0) is 47.9 Å². The Morgan fingerprint density at radius 1 is 0.926 bits per heavy atom. The monoisotopic (exact) mass is 383 g/mol. The molecule has 3 rings (SSSR count). The summed E-state index contributed by atoms with van der Waals surface area (Å²) >= 11 is 0. The van der Waals surface area contributed by atoms with E-state index in [1.807, 2.05) is 30.3 Å². The van der Waals surface area contributed by atoms with Crippen molar-refractivity contribution in [2.45, 2.75) is 31.2 Å². The van der Waals surface area contributed by atoms with Crippen LogP contribution >= 0.6 is 0 Å². The molecule has 0 aliphatic rings. The molecule has 27 heavy (non-hydrogen) atoms. The molecule has 0 unspecified atom stereocenters. The van der Waals surface area contributed by atoms with E-state index in [2.05, 4.69) is 39.1 Å². The third-order valence-corrected chi connectivity index (χ3v) is 5.31. The summed E-state index contributed by atoms with van der Waals surface area (Å²) in [4.78, 5) is 4.39. The maximum absolute atomic E-state index is 12.5. The number of anilines is 2. The number of benzene rings is 1. The van der Waals surface area contributed by atoms with E-state index in [1.54, 1.807) is 30.5 Å². The molecule has 0 amide bonds. The van der Waals surface area contributed by atoms with Crippen LogP contribution in [-0.2, 0) is 16.6 Å². The van der Waals surface area contributed by atoms with E-state index in [0.29, 0.717) is 18.3 Å². The van der Waals surface area contributed by atoms with Gasteiger partial charge >= 0.3 is 0 Å². The van der Waals surface area contributed by atoms with Crippen molar-refractivity contribution in [2.75, 3.05) is 10.0 Å². The zero-order valence-electron chi connectivity index (χ0n) is 15.1. The SMILES string of the molecule is CC(C)c1ccc(S(=O)(=O)Nc2ccc(NCc3ccccn3)nn2)cc1. The van der Waals surface area contributed by atoms with Crippen LogP contribution in [0.1, 0.15) is 31.0 Å². The van der Waals surface area contributed by atoms with Gasteiger partial charge in [-0.15, -0.1) is 10.2 Å². The van der Waals surface area contributed by atoms with E-state index < -0.39 is 10.0 Å². The van der Waals surface area contributed by atoms with Crippen molar-refractivity contribution < 1.29 is 8.42 Å². The van der Waals surface area contributed by atoms with E-state index >= 15 is 0 Å². The van der Waals surface area contributed by atoms with Gasteiger partial charge in [-0.25, -0.2) is 8.42 Å². The van der Waals surface area contributed by atoms with Gasteiger partial charge in [0.25, 0.3) is 10.0 Å². The third-order valence-electron chi connectivity index (χ3n) is 3.94. The Morgan fingerprint density at radius 3 is 2.22 bits per heavy atom. The van der Waals surface area contributed by atoms with E-state index in [9.17, 15) is 8.42 Å². The number of hydrogen-bond acceptors (Lipinski definition) is 6. The summed E-state index contributed by atoms with van der Waals surface area (Å²) in [7, 11) is -3.71. The smallest absolute Gasteiger partial charge is 0.263 e. The van der Waals surface area contributed by atoms with Gasteiger partial charge in [0.05, 0.1) is 17.1 Å². The van der Waals surface area contributed by atoms with Crippen molar-refractivity contribution in [3.8, 4) is 0 Å². The van der Waals surface area contributed by atoms with Crippen molar-refractivity contribution in [3.05, 3.63) is 72.1 Å². The summed E-state index contributed by atoms with van der Waals surface area (Å²) < 4.78 is 27.4. The second kappa shape index (κ2) is 8.13. The lowest BCUT2D eigenvalue weighted by atomic mass is 10.0. The van der Waals surface area contributed by atoms with Crippen molar-refractivity contribution in [1.29, 1.82) is 0 Å². The molecule has 0 aliphatic heterocycles. The van der Waals surface area contributed by atoms with Crippen LogP contribution in [-0.4, -0.2) is 23.6 Å². The fourth-order valence-electron chi connectivity index (χ4n) is 2.39. The van der Waals surface area contributed by atoms with Crippen molar-refractivity contribution in [1.82, 2.24) is 15.2 Å². The second-order valence-corrected chi connectivity index (χ2v) is 7.99. The number of hydrogen-bond donors (Lipinski definition) is 2. The Morgan fingerprint density at radius 2 is 1.63 bits per heavy atom. The van der Waals surface area contributed by atoms with Crippen LogP contribution < -0.4 is 10.0 Å². The zero-order chi connectivity index (χ0) is 19.3. The molecule has 3 aromatic rings. The highest BCUT2D eigenvalue weighted by Gasteiger charge is 2.15. The molecule has 0 radical (unpaired) electrons. The highest BCUT2D eigenvalue weighted by Crippen LogP contribution is 2.19. The fraction of sp³-hybridized carbons (Fsp3) is 0.211. The van der Waals surface area contributed by atoms with Gasteiger partial charge < -0.3 is 5.32 Å². The average Bonchev–Trinajstić information content (AvgIpc) is 2.68. The van der Waals surface area contributed by atoms with Gasteiger partial charge in [0, 0.05) is 6.20 Å². The first-order chi connectivity index (χ1) is 12.9. The zero-order valence-corrected chi connectivity index (χ0v) is 15.9. The van der Waals surface area contributed by atoms with Crippen LogP contribution in [0.4, 0.5) is 11.6 Å². The normalized spacial score (nSPS) is 11.4. The number of sulfonamides is 1. The molecule has 0 atom stereocenters. The van der Waals surface area contributed by atoms with Gasteiger partial charge in [0.15, 0.2) is 5.82 Å². The predicted molar refractivity (Wildman–Crippen MR) is 105 cm³/mol. The molecule has 2 N–H and O–H groups in total. The molecule has 0 bridgehead atoms. The molecule has 0 aliphatic carbocycles. The van der Waals surface area contributed by atoms with Crippen LogP contribution in [0.25, 0.3) is 0 Å². The standard InChI is InChI=1S/C19H21N5O2S/c1-14(2)15-6-8-17(9-7-15)27(25,26)24-19-11-10-18(22-23-19)21-13-16-5-3-4-12-20-16/h3-12,14H,13H2,1-2H3,(H,21,22)(H,23,24). The van der Waals surface area contributed by atoms with Crippen molar-refractivity contribution in [2.24, 2.45) is 0 Å². The molecule has 2 heterocycles. The topological polar surface area (TPSA) is 96.9 Å². The lowest BCUT2D eigenvalue weighted by Crippen LogP contribution is -2.14. The molecular weight excluding hydrogens is 362 g/mol. The largest absolute Gasteiger partial charge is 0.363 e. The predicted octanol–water partition coefficient (Wildman–Crippen LogP) is 3.41. The Kier molecular flexibility index (Phi) is 5.66. The molecule has 140 valence electrons. The number of pyridine rings is 1. The van der Waals surface area contributed by atoms with Crippen LogP contribution in [0.15, 0.2) is 65.7 Å². The molecule has 0 saturated heterocycles. The van der Waals surface area contributed by atoms with Crippen LogP contribution in [0, 0.1) is 0 Å². The maximum Gasteiger partial charge on any atom is 0.263 e. The molecule has 2 aromatic heterocycles. The number of nitrogens with one attached hydrogen (secondary N) is 2. The van der Waals surface area contributed by atoms with Crippen LogP contribution in [0.5, 0.6) is 0 Å². The molecule has 0 saturated carbocycles. The third kappa shape index (κ3) is 5.01. The van der Waals surface area contributed by atoms with Gasteiger partial charge in [-0.3, -0.25) is 9.71 Å². The minimum absolute atomic E-state index is 0.159. The summed E-state index contributed by atoms with van der Waals surface area (Å²) in [5, 5.41) is 11.0. The average molecular weight is 383 g/mol. The lowest BCUT2D eigenvalue weighted by molar-refractivity contribution is 0.601. The lowest BCUT2D eigenvalue weighted by Gasteiger charge is -2.10. The Balaban J connectivity index is 1.64. The van der Waals surface area contributed by atoms with Crippen LogP contribution in [0.2, 0.25) is 0 Å². The highest BCUT2D eigenvalue weighted by atomic mass is 32.2. The first-order valence-electron chi connectivity index (χ1n) is 8.54. The number of rotatable bonds is 7. The van der Waals surface area contributed by atoms with Gasteiger partial charge in [0.2, 0.25) is 0 Å². The van der Waals surface area contributed by atoms with Crippen LogP contribution in [0.3, 0.4) is 0 Å². The Bertz CT molecular complexity index is 973. The van der Waals surface area contributed by atoms with Gasteiger partial charge in [0.1, 0.15) is 5.82 Å².